The number of carbonyl (C=O) groups is 2. The molecule has 0 unspecified atom stereocenters. The second-order valence-corrected chi connectivity index (χ2v) is 4.86. The zero-order valence-corrected chi connectivity index (χ0v) is 9.48. The van der Waals surface area contributed by atoms with Gasteiger partial charge in [0.1, 0.15) is 0 Å². The molecular weight excluding hydrogens is 212 g/mol. The lowest BCUT2D eigenvalue weighted by molar-refractivity contribution is -0.123. The molecule has 2 nitrogen and oxygen atoms in total. The third-order valence-corrected chi connectivity index (χ3v) is 3.70. The Labute approximate surface area is 94.7 Å². The van der Waals surface area contributed by atoms with Gasteiger partial charge < -0.3 is 0 Å². The Morgan fingerprint density at radius 2 is 1.80 bits per heavy atom. The van der Waals surface area contributed by atoms with Crippen LogP contribution < -0.4 is 0 Å². The summed E-state index contributed by atoms with van der Waals surface area (Å²) in [7, 11) is 0. The van der Waals surface area contributed by atoms with Gasteiger partial charge in [0.15, 0.2) is 11.6 Å². The number of halogens is 1. The first-order chi connectivity index (χ1) is 7.20. The molecule has 0 saturated heterocycles. The molecule has 2 aliphatic carbocycles. The van der Waals surface area contributed by atoms with E-state index >= 15 is 0 Å². The molecule has 0 N–H and O–H groups in total. The summed E-state index contributed by atoms with van der Waals surface area (Å²) in [5.74, 6) is 0.0427. The minimum absolute atomic E-state index is 0.0159. The van der Waals surface area contributed by atoms with Gasteiger partial charge in [-0.2, -0.15) is 0 Å². The number of hydrogen-bond donors (Lipinski definition) is 0. The van der Waals surface area contributed by atoms with E-state index in [-0.39, 0.29) is 17.5 Å². The van der Waals surface area contributed by atoms with Gasteiger partial charge in [0, 0.05) is 17.4 Å². The average Bonchev–Trinajstić information content (AvgIpc) is 2.69. The molecule has 0 atom stereocenters. The normalized spacial score (nSPS) is 23.7. The van der Waals surface area contributed by atoms with Gasteiger partial charge in [-0.25, -0.2) is 0 Å². The van der Waals surface area contributed by atoms with Gasteiger partial charge in [0.2, 0.25) is 0 Å². The molecule has 0 heterocycles. The fourth-order valence-electron chi connectivity index (χ4n) is 2.47. The van der Waals surface area contributed by atoms with E-state index in [1.165, 1.54) is 0 Å². The Morgan fingerprint density at radius 1 is 1.13 bits per heavy atom. The lowest BCUT2D eigenvalue weighted by Crippen LogP contribution is -2.23. The number of carbonyl (C=O) groups excluding carboxylic acids is 2. The maximum atomic E-state index is 12.1. The van der Waals surface area contributed by atoms with Gasteiger partial charge >= 0.3 is 0 Å². The van der Waals surface area contributed by atoms with E-state index in [0.717, 1.165) is 32.1 Å². The maximum absolute atomic E-state index is 12.1. The summed E-state index contributed by atoms with van der Waals surface area (Å²) in [6.45, 7) is 0. The van der Waals surface area contributed by atoms with Crippen LogP contribution in [0.25, 0.3) is 0 Å². The van der Waals surface area contributed by atoms with Crippen LogP contribution in [0.2, 0.25) is 0 Å². The Bertz CT molecular complexity index is 325. The van der Waals surface area contributed by atoms with Gasteiger partial charge in [0.25, 0.3) is 0 Å². The zero-order valence-electron chi connectivity index (χ0n) is 8.72. The lowest BCUT2D eigenvalue weighted by atomic mass is 9.88. The molecule has 1 saturated carbocycles. The first kappa shape index (κ1) is 10.9. The number of rotatable bonds is 2. The molecule has 0 amide bonds. The molecule has 0 aromatic heterocycles. The molecule has 3 heteroatoms. The van der Waals surface area contributed by atoms with Gasteiger partial charge in [-0.1, -0.05) is 24.4 Å². The molecular formula is C12H15ClO2. The van der Waals surface area contributed by atoms with Crippen molar-refractivity contribution in [3.8, 4) is 0 Å². The highest BCUT2D eigenvalue weighted by molar-refractivity contribution is 6.37. The van der Waals surface area contributed by atoms with Crippen molar-refractivity contribution in [3.05, 3.63) is 10.6 Å². The molecule has 0 bridgehead atoms. The van der Waals surface area contributed by atoms with E-state index in [2.05, 4.69) is 0 Å². The van der Waals surface area contributed by atoms with E-state index in [0.29, 0.717) is 23.4 Å². The number of hydrogen-bond acceptors (Lipinski definition) is 2. The average molecular weight is 227 g/mol. The highest BCUT2D eigenvalue weighted by Gasteiger charge is 2.32. The van der Waals surface area contributed by atoms with Crippen LogP contribution in [0.5, 0.6) is 0 Å². The first-order valence-corrected chi connectivity index (χ1v) is 6.04. The summed E-state index contributed by atoms with van der Waals surface area (Å²) in [4.78, 5) is 23.7. The predicted octanol–water partition coefficient (Wildman–Crippen LogP) is 2.99. The Morgan fingerprint density at radius 3 is 2.40 bits per heavy atom. The van der Waals surface area contributed by atoms with Gasteiger partial charge in [-0.05, 0) is 25.7 Å². The monoisotopic (exact) mass is 226 g/mol. The van der Waals surface area contributed by atoms with Crippen molar-refractivity contribution in [2.24, 2.45) is 5.92 Å². The van der Waals surface area contributed by atoms with Crippen LogP contribution in [0.3, 0.4) is 0 Å². The Kier molecular flexibility index (Phi) is 3.25. The lowest BCUT2D eigenvalue weighted by Gasteiger charge is -2.16. The van der Waals surface area contributed by atoms with E-state index in [4.69, 9.17) is 11.6 Å². The maximum Gasteiger partial charge on any atom is 0.170 e. The summed E-state index contributed by atoms with van der Waals surface area (Å²) < 4.78 is 0. The molecule has 0 aromatic rings. The van der Waals surface area contributed by atoms with Crippen LogP contribution in [0, 0.1) is 5.92 Å². The van der Waals surface area contributed by atoms with Crippen molar-refractivity contribution in [1.82, 2.24) is 0 Å². The third kappa shape index (κ3) is 2.15. The summed E-state index contributed by atoms with van der Waals surface area (Å²) in [6, 6.07) is 0. The zero-order chi connectivity index (χ0) is 10.8. The van der Waals surface area contributed by atoms with Gasteiger partial charge in [0.05, 0.1) is 5.57 Å². The molecule has 0 radical (unpaired) electrons. The molecule has 2 aliphatic rings. The Hall–Kier alpha value is -0.630. The van der Waals surface area contributed by atoms with Crippen molar-refractivity contribution in [2.45, 2.75) is 44.9 Å². The molecule has 15 heavy (non-hydrogen) atoms. The molecule has 82 valence electrons. The van der Waals surface area contributed by atoms with Crippen LogP contribution in [0.1, 0.15) is 44.9 Å². The predicted molar refractivity (Wildman–Crippen MR) is 58.7 cm³/mol. The fourth-order valence-corrected chi connectivity index (χ4v) is 2.80. The third-order valence-electron chi connectivity index (χ3n) is 3.32. The number of Topliss-reactive ketones (excluding diaryl/α,β-unsaturated/α-hetero) is 2. The summed E-state index contributed by atoms with van der Waals surface area (Å²) in [5.41, 5.74) is 0.329. The van der Waals surface area contributed by atoms with Crippen molar-refractivity contribution in [3.63, 3.8) is 0 Å². The first-order valence-electron chi connectivity index (χ1n) is 5.66. The van der Waals surface area contributed by atoms with E-state index < -0.39 is 0 Å². The number of allylic oxidation sites excluding steroid dienone is 2. The van der Waals surface area contributed by atoms with Crippen molar-refractivity contribution in [2.75, 3.05) is 0 Å². The van der Waals surface area contributed by atoms with Crippen molar-refractivity contribution in [1.29, 1.82) is 0 Å². The van der Waals surface area contributed by atoms with E-state index in [9.17, 15) is 9.59 Å². The van der Waals surface area contributed by atoms with Crippen molar-refractivity contribution >= 4 is 23.2 Å². The molecule has 0 aliphatic heterocycles. The molecule has 2 rings (SSSR count). The van der Waals surface area contributed by atoms with Crippen LogP contribution in [-0.4, -0.2) is 11.6 Å². The molecule has 1 fully saturated rings. The van der Waals surface area contributed by atoms with Crippen LogP contribution in [-0.2, 0) is 9.59 Å². The SMILES string of the molecule is O=C1CCCC(Cl)=C1C(=O)C1CCCC1. The van der Waals surface area contributed by atoms with Gasteiger partial charge in [-0.15, -0.1) is 0 Å². The van der Waals surface area contributed by atoms with Crippen molar-refractivity contribution < 1.29 is 9.59 Å². The summed E-state index contributed by atoms with van der Waals surface area (Å²) >= 11 is 5.99. The van der Waals surface area contributed by atoms with Crippen LogP contribution >= 0.6 is 11.6 Å². The largest absolute Gasteiger partial charge is 0.294 e. The topological polar surface area (TPSA) is 34.1 Å². The van der Waals surface area contributed by atoms with Crippen LogP contribution in [0.4, 0.5) is 0 Å². The highest BCUT2D eigenvalue weighted by Crippen LogP contribution is 2.33. The second kappa shape index (κ2) is 4.48. The second-order valence-electron chi connectivity index (χ2n) is 4.40. The highest BCUT2D eigenvalue weighted by atomic mass is 35.5. The summed E-state index contributed by atoms with van der Waals surface area (Å²) in [5, 5.41) is 0.503. The van der Waals surface area contributed by atoms with Crippen LogP contribution in [0.15, 0.2) is 10.6 Å². The minimum Gasteiger partial charge on any atom is -0.294 e. The minimum atomic E-state index is -0.0387. The fraction of sp³-hybridized carbons (Fsp3) is 0.667. The summed E-state index contributed by atoms with van der Waals surface area (Å²) in [6.07, 6.45) is 6.05. The quantitative estimate of drug-likeness (QED) is 0.679. The number of ketones is 2. The van der Waals surface area contributed by atoms with Gasteiger partial charge in [-0.3, -0.25) is 9.59 Å². The van der Waals surface area contributed by atoms with E-state index in [1.807, 2.05) is 0 Å². The Balaban J connectivity index is 2.20. The standard InChI is InChI=1S/C12H15ClO2/c13-9-6-3-7-10(14)11(9)12(15)8-4-1-2-5-8/h8H,1-7H2. The molecule has 0 aromatic carbocycles. The molecule has 0 spiro atoms. The smallest absolute Gasteiger partial charge is 0.170 e. The van der Waals surface area contributed by atoms with E-state index in [1.54, 1.807) is 0 Å².